The molecule has 1 aromatic carbocycles. The molecule has 1 saturated heterocycles. The summed E-state index contributed by atoms with van der Waals surface area (Å²) in [6.45, 7) is 1.20. The minimum atomic E-state index is -0.543. The lowest BCUT2D eigenvalue weighted by atomic mass is 9.78. The largest absolute Gasteiger partial charge is 0.338 e. The molecule has 1 aromatic rings. The van der Waals surface area contributed by atoms with E-state index in [-0.39, 0.29) is 35.6 Å². The number of carbonyl (C=O) groups excluding carboxylic acids is 1. The molecule has 2 aliphatic rings. The molecule has 0 radical (unpaired) electrons. The highest BCUT2D eigenvalue weighted by Gasteiger charge is 2.41. The lowest BCUT2D eigenvalue weighted by molar-refractivity contribution is -0.385. The van der Waals surface area contributed by atoms with E-state index < -0.39 is 4.92 Å². The van der Waals surface area contributed by atoms with Crippen LogP contribution in [0.1, 0.15) is 29.6 Å². The zero-order valence-corrected chi connectivity index (χ0v) is 14.1. The van der Waals surface area contributed by atoms with E-state index in [2.05, 4.69) is 0 Å². The van der Waals surface area contributed by atoms with E-state index in [9.17, 15) is 14.9 Å². The standard InChI is InChI=1S/C15H18ClN3O3.ClH/c16-10-4-5-14(19(21)22)11(6-10)15(20)18-7-9-2-1-3-13(17)12(9)8-18;/h4-6,9,12-13H,1-3,7-8,17H2;1H. The number of fused-ring (bicyclic) bond motifs is 1. The van der Waals surface area contributed by atoms with Crippen molar-refractivity contribution in [3.8, 4) is 0 Å². The van der Waals surface area contributed by atoms with Crippen LogP contribution in [0, 0.1) is 22.0 Å². The highest BCUT2D eigenvalue weighted by atomic mass is 35.5. The molecule has 2 N–H and O–H groups in total. The first-order valence-electron chi connectivity index (χ1n) is 7.46. The molecule has 0 spiro atoms. The Morgan fingerprint density at radius 3 is 2.74 bits per heavy atom. The van der Waals surface area contributed by atoms with Crippen LogP contribution in [0.5, 0.6) is 0 Å². The van der Waals surface area contributed by atoms with Gasteiger partial charge < -0.3 is 10.6 Å². The van der Waals surface area contributed by atoms with Crippen molar-refractivity contribution in [3.05, 3.63) is 38.9 Å². The van der Waals surface area contributed by atoms with Gasteiger partial charge in [-0.3, -0.25) is 14.9 Å². The third-order valence-electron chi connectivity index (χ3n) is 4.83. The van der Waals surface area contributed by atoms with Gasteiger partial charge in [-0.25, -0.2) is 0 Å². The van der Waals surface area contributed by atoms with Crippen LogP contribution >= 0.6 is 24.0 Å². The molecule has 1 amide bonds. The van der Waals surface area contributed by atoms with Crippen molar-refractivity contribution >= 4 is 35.6 Å². The zero-order chi connectivity index (χ0) is 15.9. The number of nitro benzene ring substituents is 1. The Morgan fingerprint density at radius 2 is 2.09 bits per heavy atom. The number of rotatable bonds is 2. The molecular formula is C15H19Cl2N3O3. The second-order valence-electron chi connectivity index (χ2n) is 6.15. The van der Waals surface area contributed by atoms with Crippen LogP contribution in [0.3, 0.4) is 0 Å². The SMILES string of the molecule is Cl.NC1CCCC2CN(C(=O)c3cc(Cl)ccc3[N+](=O)[O-])CC12. The Labute approximate surface area is 145 Å². The monoisotopic (exact) mass is 359 g/mol. The Morgan fingerprint density at radius 1 is 1.35 bits per heavy atom. The summed E-state index contributed by atoms with van der Waals surface area (Å²) < 4.78 is 0. The fourth-order valence-electron chi connectivity index (χ4n) is 3.69. The Kier molecular flexibility index (Phi) is 5.49. The molecule has 3 rings (SSSR count). The van der Waals surface area contributed by atoms with Gasteiger partial charge in [-0.1, -0.05) is 18.0 Å². The van der Waals surface area contributed by atoms with Crippen molar-refractivity contribution in [3.63, 3.8) is 0 Å². The Hall–Kier alpha value is -1.37. The van der Waals surface area contributed by atoms with Crippen LogP contribution in [0.25, 0.3) is 0 Å². The summed E-state index contributed by atoms with van der Waals surface area (Å²) in [4.78, 5) is 25.0. The van der Waals surface area contributed by atoms with Crippen LogP contribution in [0.4, 0.5) is 5.69 Å². The molecule has 3 atom stereocenters. The van der Waals surface area contributed by atoms with Crippen molar-refractivity contribution in [2.24, 2.45) is 17.6 Å². The predicted molar refractivity (Wildman–Crippen MR) is 90.1 cm³/mol. The average Bonchev–Trinajstić information content (AvgIpc) is 2.91. The first kappa shape index (κ1) is 18.0. The third-order valence-corrected chi connectivity index (χ3v) is 5.06. The molecule has 2 fully saturated rings. The topological polar surface area (TPSA) is 89.5 Å². The van der Waals surface area contributed by atoms with Crippen LogP contribution < -0.4 is 5.73 Å². The lowest BCUT2D eigenvalue weighted by Gasteiger charge is -2.29. The van der Waals surface area contributed by atoms with Crippen molar-refractivity contribution in [1.29, 1.82) is 0 Å². The van der Waals surface area contributed by atoms with Crippen molar-refractivity contribution in [2.45, 2.75) is 25.3 Å². The van der Waals surface area contributed by atoms with Gasteiger partial charge in [0.2, 0.25) is 0 Å². The maximum atomic E-state index is 12.7. The van der Waals surface area contributed by atoms with Gasteiger partial charge in [0.05, 0.1) is 4.92 Å². The van der Waals surface area contributed by atoms with Gasteiger partial charge >= 0.3 is 0 Å². The molecule has 0 aromatic heterocycles. The van der Waals surface area contributed by atoms with Gasteiger partial charge in [0.25, 0.3) is 11.6 Å². The van der Waals surface area contributed by atoms with Crippen molar-refractivity contribution < 1.29 is 9.72 Å². The van der Waals surface area contributed by atoms with E-state index in [1.54, 1.807) is 4.90 Å². The number of benzene rings is 1. The fourth-order valence-corrected chi connectivity index (χ4v) is 3.86. The van der Waals surface area contributed by atoms with Crippen LogP contribution in [-0.4, -0.2) is 34.9 Å². The van der Waals surface area contributed by atoms with E-state index in [1.165, 1.54) is 18.2 Å². The van der Waals surface area contributed by atoms with E-state index in [0.29, 0.717) is 29.9 Å². The zero-order valence-electron chi connectivity index (χ0n) is 12.5. The maximum absolute atomic E-state index is 12.7. The first-order valence-corrected chi connectivity index (χ1v) is 7.84. The van der Waals surface area contributed by atoms with Crippen LogP contribution in [-0.2, 0) is 0 Å². The molecule has 3 unspecified atom stereocenters. The molecule has 1 saturated carbocycles. The second kappa shape index (κ2) is 7.03. The fraction of sp³-hybridized carbons (Fsp3) is 0.533. The van der Waals surface area contributed by atoms with Gasteiger partial charge in [0, 0.05) is 30.2 Å². The molecule has 1 heterocycles. The number of likely N-dealkylation sites (tertiary alicyclic amines) is 1. The van der Waals surface area contributed by atoms with Crippen LogP contribution in [0.2, 0.25) is 5.02 Å². The van der Waals surface area contributed by atoms with Crippen LogP contribution in [0.15, 0.2) is 18.2 Å². The van der Waals surface area contributed by atoms with E-state index in [0.717, 1.165) is 19.3 Å². The summed E-state index contributed by atoms with van der Waals surface area (Å²) in [5.41, 5.74) is 6.02. The Balaban J connectivity index is 0.00000192. The van der Waals surface area contributed by atoms with Crippen molar-refractivity contribution in [2.75, 3.05) is 13.1 Å². The molecule has 6 nitrogen and oxygen atoms in total. The molecule has 0 bridgehead atoms. The second-order valence-corrected chi connectivity index (χ2v) is 6.58. The summed E-state index contributed by atoms with van der Waals surface area (Å²) >= 11 is 5.90. The lowest BCUT2D eigenvalue weighted by Crippen LogP contribution is -2.38. The van der Waals surface area contributed by atoms with E-state index in [1.807, 2.05) is 0 Å². The molecule has 126 valence electrons. The molecule has 1 aliphatic heterocycles. The van der Waals surface area contributed by atoms with Gasteiger partial charge in [0.1, 0.15) is 5.56 Å². The van der Waals surface area contributed by atoms with E-state index >= 15 is 0 Å². The number of nitrogens with zero attached hydrogens (tertiary/aromatic N) is 2. The first-order chi connectivity index (χ1) is 10.5. The highest BCUT2D eigenvalue weighted by Crippen LogP contribution is 2.37. The minimum Gasteiger partial charge on any atom is -0.338 e. The maximum Gasteiger partial charge on any atom is 0.282 e. The predicted octanol–water partition coefficient (Wildman–Crippen LogP) is 2.87. The quantitative estimate of drug-likeness (QED) is 0.649. The van der Waals surface area contributed by atoms with Crippen molar-refractivity contribution in [1.82, 2.24) is 4.90 Å². The number of hydrogen-bond acceptors (Lipinski definition) is 4. The van der Waals surface area contributed by atoms with Gasteiger partial charge in [-0.05, 0) is 36.8 Å². The summed E-state index contributed by atoms with van der Waals surface area (Å²) in [6.07, 6.45) is 3.14. The molecule has 1 aliphatic carbocycles. The highest BCUT2D eigenvalue weighted by molar-refractivity contribution is 6.31. The van der Waals surface area contributed by atoms with Gasteiger partial charge in [-0.2, -0.15) is 0 Å². The molecule has 8 heteroatoms. The number of halogens is 2. The number of nitrogens with two attached hydrogens (primary N) is 1. The number of amides is 1. The molecule has 23 heavy (non-hydrogen) atoms. The summed E-state index contributed by atoms with van der Waals surface area (Å²) in [5.74, 6) is 0.387. The number of nitro groups is 1. The summed E-state index contributed by atoms with van der Waals surface area (Å²) in [7, 11) is 0. The summed E-state index contributed by atoms with van der Waals surface area (Å²) in [6, 6.07) is 4.20. The molecular weight excluding hydrogens is 341 g/mol. The smallest absolute Gasteiger partial charge is 0.282 e. The third kappa shape index (κ3) is 3.44. The minimum absolute atomic E-state index is 0. The average molecular weight is 360 g/mol. The van der Waals surface area contributed by atoms with Gasteiger partial charge in [-0.15, -0.1) is 12.4 Å². The number of hydrogen-bond donors (Lipinski definition) is 1. The Bertz CT molecular complexity index is 626. The van der Waals surface area contributed by atoms with Gasteiger partial charge in [0.15, 0.2) is 0 Å². The van der Waals surface area contributed by atoms with E-state index in [4.69, 9.17) is 17.3 Å². The number of carbonyl (C=O) groups is 1. The summed E-state index contributed by atoms with van der Waals surface area (Å²) in [5, 5.41) is 11.4. The normalized spacial score (nSPS) is 26.3.